The van der Waals surface area contributed by atoms with Crippen LogP contribution >= 0.6 is 0 Å². The van der Waals surface area contributed by atoms with Crippen LogP contribution in [0.4, 0.5) is 0 Å². The van der Waals surface area contributed by atoms with Gasteiger partial charge in [0, 0.05) is 19.2 Å². The summed E-state index contributed by atoms with van der Waals surface area (Å²) in [6.07, 6.45) is 5.21. The Kier molecular flexibility index (Phi) is 4.83. The van der Waals surface area contributed by atoms with E-state index in [1.165, 1.54) is 25.7 Å². The minimum atomic E-state index is -0.354. The van der Waals surface area contributed by atoms with Gasteiger partial charge in [0.2, 0.25) is 0 Å². The van der Waals surface area contributed by atoms with E-state index in [9.17, 15) is 5.11 Å². The van der Waals surface area contributed by atoms with Crippen molar-refractivity contribution in [2.24, 2.45) is 17.8 Å². The molecule has 0 spiro atoms. The third kappa shape index (κ3) is 3.94. The van der Waals surface area contributed by atoms with E-state index in [1.54, 1.807) is 0 Å². The van der Waals surface area contributed by atoms with Crippen molar-refractivity contribution in [3.05, 3.63) is 0 Å². The third-order valence-corrected chi connectivity index (χ3v) is 4.12. The molecule has 0 saturated heterocycles. The Morgan fingerprint density at radius 3 is 2.65 bits per heavy atom. The lowest BCUT2D eigenvalue weighted by molar-refractivity contribution is 0.0241. The van der Waals surface area contributed by atoms with E-state index in [0.717, 1.165) is 18.4 Å². The highest BCUT2D eigenvalue weighted by Crippen LogP contribution is 2.44. The van der Waals surface area contributed by atoms with Crippen molar-refractivity contribution in [1.29, 1.82) is 0 Å². The van der Waals surface area contributed by atoms with Crippen molar-refractivity contribution in [2.45, 2.75) is 51.7 Å². The standard InChI is InChI=1S/C14H27NO2/c1-10(2)8-17-9-13(16)7-15-14-6-11-3-4-12(14)5-11/h10-16H,3-9H2,1-2H3. The average molecular weight is 241 g/mol. The fourth-order valence-electron chi connectivity index (χ4n) is 3.28. The monoisotopic (exact) mass is 241 g/mol. The summed E-state index contributed by atoms with van der Waals surface area (Å²) in [5.41, 5.74) is 0. The van der Waals surface area contributed by atoms with Gasteiger partial charge < -0.3 is 15.2 Å². The van der Waals surface area contributed by atoms with Gasteiger partial charge in [-0.15, -0.1) is 0 Å². The summed E-state index contributed by atoms with van der Waals surface area (Å²) in [5, 5.41) is 13.3. The second-order valence-corrected chi connectivity index (χ2v) is 6.27. The Morgan fingerprint density at radius 2 is 2.06 bits per heavy atom. The summed E-state index contributed by atoms with van der Waals surface area (Å²) < 4.78 is 5.44. The molecule has 0 radical (unpaired) electrons. The summed E-state index contributed by atoms with van der Waals surface area (Å²) in [6, 6.07) is 0.661. The first-order valence-electron chi connectivity index (χ1n) is 7.14. The summed E-state index contributed by atoms with van der Waals surface area (Å²) in [5.74, 6) is 2.39. The number of hydrogen-bond acceptors (Lipinski definition) is 3. The van der Waals surface area contributed by atoms with E-state index in [4.69, 9.17) is 4.74 Å². The highest BCUT2D eigenvalue weighted by molar-refractivity contribution is 4.94. The van der Waals surface area contributed by atoms with Gasteiger partial charge in [-0.2, -0.15) is 0 Å². The van der Waals surface area contributed by atoms with Crippen molar-refractivity contribution in [3.8, 4) is 0 Å². The van der Waals surface area contributed by atoms with E-state index in [0.29, 0.717) is 25.1 Å². The lowest BCUT2D eigenvalue weighted by Crippen LogP contribution is -2.40. The van der Waals surface area contributed by atoms with Crippen molar-refractivity contribution in [2.75, 3.05) is 19.8 Å². The summed E-state index contributed by atoms with van der Waals surface area (Å²) in [6.45, 7) is 6.14. The van der Waals surface area contributed by atoms with Gasteiger partial charge in [-0.1, -0.05) is 20.3 Å². The normalized spacial score (nSPS) is 33.5. The molecule has 2 fully saturated rings. The van der Waals surface area contributed by atoms with Crippen molar-refractivity contribution >= 4 is 0 Å². The highest BCUT2D eigenvalue weighted by Gasteiger charge is 2.39. The topological polar surface area (TPSA) is 41.5 Å². The van der Waals surface area contributed by atoms with Crippen LogP contribution in [0.15, 0.2) is 0 Å². The largest absolute Gasteiger partial charge is 0.389 e. The zero-order valence-electron chi connectivity index (χ0n) is 11.2. The van der Waals surface area contributed by atoms with Crippen molar-refractivity contribution in [3.63, 3.8) is 0 Å². The maximum atomic E-state index is 9.81. The molecule has 2 N–H and O–H groups in total. The fourth-order valence-corrected chi connectivity index (χ4v) is 3.28. The van der Waals surface area contributed by atoms with E-state index < -0.39 is 0 Å². The molecule has 4 atom stereocenters. The number of aliphatic hydroxyl groups excluding tert-OH is 1. The number of nitrogens with one attached hydrogen (secondary N) is 1. The SMILES string of the molecule is CC(C)COCC(O)CNC1CC2CCC1C2. The predicted octanol–water partition coefficient (Wildman–Crippen LogP) is 1.80. The zero-order chi connectivity index (χ0) is 12.3. The third-order valence-electron chi connectivity index (χ3n) is 4.12. The molecule has 0 heterocycles. The van der Waals surface area contributed by atoms with Gasteiger partial charge in [0.15, 0.2) is 0 Å². The minimum Gasteiger partial charge on any atom is -0.389 e. The lowest BCUT2D eigenvalue weighted by atomic mass is 9.95. The quantitative estimate of drug-likeness (QED) is 0.714. The van der Waals surface area contributed by atoms with E-state index in [2.05, 4.69) is 19.2 Å². The Labute approximate surface area is 105 Å². The molecule has 0 aromatic heterocycles. The maximum Gasteiger partial charge on any atom is 0.0897 e. The van der Waals surface area contributed by atoms with Gasteiger partial charge in [0.05, 0.1) is 12.7 Å². The molecule has 4 unspecified atom stereocenters. The van der Waals surface area contributed by atoms with Gasteiger partial charge in [-0.25, -0.2) is 0 Å². The van der Waals surface area contributed by atoms with Crippen LogP contribution < -0.4 is 5.32 Å². The van der Waals surface area contributed by atoms with Crippen LogP contribution in [0.5, 0.6) is 0 Å². The molecule has 2 rings (SSSR count). The first-order chi connectivity index (χ1) is 8.15. The number of aliphatic hydroxyl groups is 1. The minimum absolute atomic E-state index is 0.354. The van der Waals surface area contributed by atoms with Crippen LogP contribution in [0.3, 0.4) is 0 Å². The number of rotatable bonds is 7. The molecule has 0 amide bonds. The van der Waals surface area contributed by atoms with E-state index in [1.807, 2.05) is 0 Å². The molecular formula is C14H27NO2. The lowest BCUT2D eigenvalue weighted by Gasteiger charge is -2.24. The van der Waals surface area contributed by atoms with Crippen LogP contribution in [0, 0.1) is 17.8 Å². The molecular weight excluding hydrogens is 214 g/mol. The number of fused-ring (bicyclic) bond motifs is 2. The molecule has 0 aromatic rings. The van der Waals surface area contributed by atoms with Crippen molar-refractivity contribution in [1.82, 2.24) is 5.32 Å². The number of ether oxygens (including phenoxy) is 1. The number of hydrogen-bond donors (Lipinski definition) is 2. The Bertz CT molecular complexity index is 232. The van der Waals surface area contributed by atoms with Crippen LogP contribution in [0.1, 0.15) is 39.5 Å². The molecule has 100 valence electrons. The zero-order valence-corrected chi connectivity index (χ0v) is 11.2. The predicted molar refractivity (Wildman–Crippen MR) is 68.9 cm³/mol. The maximum absolute atomic E-state index is 9.81. The van der Waals surface area contributed by atoms with Gasteiger partial charge in [0.25, 0.3) is 0 Å². The van der Waals surface area contributed by atoms with Gasteiger partial charge in [0.1, 0.15) is 0 Å². The van der Waals surface area contributed by atoms with Crippen LogP contribution in [-0.2, 0) is 4.74 Å². The Hall–Kier alpha value is -0.120. The van der Waals surface area contributed by atoms with Crippen LogP contribution in [0.25, 0.3) is 0 Å². The smallest absolute Gasteiger partial charge is 0.0897 e. The molecule has 2 aliphatic rings. The molecule has 2 saturated carbocycles. The molecule has 2 bridgehead atoms. The highest BCUT2D eigenvalue weighted by atomic mass is 16.5. The molecule has 0 aliphatic heterocycles. The van der Waals surface area contributed by atoms with Crippen LogP contribution in [-0.4, -0.2) is 37.0 Å². The molecule has 17 heavy (non-hydrogen) atoms. The van der Waals surface area contributed by atoms with Gasteiger partial charge in [-0.3, -0.25) is 0 Å². The average Bonchev–Trinajstić information content (AvgIpc) is 2.87. The van der Waals surface area contributed by atoms with E-state index >= 15 is 0 Å². The van der Waals surface area contributed by atoms with Crippen LogP contribution in [0.2, 0.25) is 0 Å². The first-order valence-corrected chi connectivity index (χ1v) is 7.14. The second-order valence-electron chi connectivity index (χ2n) is 6.27. The molecule has 3 heteroatoms. The van der Waals surface area contributed by atoms with Gasteiger partial charge in [-0.05, 0) is 37.0 Å². The summed E-state index contributed by atoms with van der Waals surface area (Å²) in [4.78, 5) is 0. The Morgan fingerprint density at radius 1 is 1.24 bits per heavy atom. The molecule has 3 nitrogen and oxygen atoms in total. The molecule has 2 aliphatic carbocycles. The first kappa shape index (κ1) is 13.3. The fraction of sp³-hybridized carbons (Fsp3) is 1.00. The van der Waals surface area contributed by atoms with Crippen molar-refractivity contribution < 1.29 is 9.84 Å². The Balaban J connectivity index is 1.55. The second kappa shape index (κ2) is 6.17. The molecule has 0 aromatic carbocycles. The van der Waals surface area contributed by atoms with Gasteiger partial charge >= 0.3 is 0 Å². The summed E-state index contributed by atoms with van der Waals surface area (Å²) in [7, 11) is 0. The van der Waals surface area contributed by atoms with E-state index in [-0.39, 0.29) is 6.10 Å². The summed E-state index contributed by atoms with van der Waals surface area (Å²) >= 11 is 0.